The summed E-state index contributed by atoms with van der Waals surface area (Å²) in [6, 6.07) is 4.09. The maximum Gasteiger partial charge on any atom is 0.460 e. The fourth-order valence-corrected chi connectivity index (χ4v) is 1.43. The molecule has 1 rings (SSSR count). The van der Waals surface area contributed by atoms with Crippen molar-refractivity contribution in [2.75, 3.05) is 5.73 Å². The number of rotatable bonds is 4. The fraction of sp³-hybridized carbons (Fsp3) is 0.333. The molecule has 0 aliphatic carbocycles. The van der Waals surface area contributed by atoms with Crippen LogP contribution in [0, 0.1) is 6.92 Å². The van der Waals surface area contributed by atoms with Crippen LogP contribution in [0.2, 0.25) is 0 Å². The molecule has 0 heterocycles. The van der Waals surface area contributed by atoms with Crippen molar-refractivity contribution in [1.29, 1.82) is 0 Å². The Kier molecular flexibility index (Phi) is 5.02. The predicted molar refractivity (Wildman–Crippen MR) is 68.4 cm³/mol. The van der Waals surface area contributed by atoms with E-state index in [1.54, 1.807) is 0 Å². The van der Waals surface area contributed by atoms with Gasteiger partial charge in [0.05, 0.1) is 0 Å². The number of halogens is 7. The third kappa shape index (κ3) is 3.36. The first-order chi connectivity index (χ1) is 10.7. The molecule has 0 radical (unpaired) electrons. The Morgan fingerprint density at radius 3 is 2.17 bits per heavy atom. The van der Waals surface area contributed by atoms with Gasteiger partial charge in [-0.25, -0.2) is 4.79 Å². The van der Waals surface area contributed by atoms with Gasteiger partial charge in [0.25, 0.3) is 0 Å². The third-order valence-corrected chi connectivity index (χ3v) is 2.89. The van der Waals surface area contributed by atoms with E-state index in [4.69, 9.17) is 11.5 Å². The quantitative estimate of drug-likeness (QED) is 0.215. The molecule has 0 atom stereocenters. The standard InChI is InChI=1S/C12H10F7N3O2/c1-5-6(3-2-4-7(5)20)8(21)22-24-9(23)10(13,14)11(15,16)12(17,18)19/h2-4H,20H2,1H3,(H2,21,22). The number of nitrogens with two attached hydrogens (primary N) is 2. The zero-order valence-corrected chi connectivity index (χ0v) is 11.8. The number of nitrogen functional groups attached to an aromatic ring is 1. The summed E-state index contributed by atoms with van der Waals surface area (Å²) in [5.41, 5.74) is 11.3. The molecule has 0 fully saturated rings. The average molecular weight is 361 g/mol. The SMILES string of the molecule is Cc1c(N)cccc1/C(N)=N/OC(=O)C(F)(F)C(F)(F)C(F)(F)F. The van der Waals surface area contributed by atoms with Gasteiger partial charge in [0, 0.05) is 11.3 Å². The Labute approximate surface area is 130 Å². The lowest BCUT2D eigenvalue weighted by atomic mass is 10.1. The Bertz CT molecular complexity index is 671. The zero-order chi connectivity index (χ0) is 18.9. The first kappa shape index (κ1) is 19.5. The van der Waals surface area contributed by atoms with Crippen LogP contribution in [0.3, 0.4) is 0 Å². The van der Waals surface area contributed by atoms with Crippen LogP contribution in [0.4, 0.5) is 36.4 Å². The number of anilines is 1. The molecule has 1 aromatic carbocycles. The lowest BCUT2D eigenvalue weighted by Gasteiger charge is -2.25. The number of nitrogens with zero attached hydrogens (tertiary/aromatic N) is 1. The van der Waals surface area contributed by atoms with Gasteiger partial charge in [-0.3, -0.25) is 0 Å². The van der Waals surface area contributed by atoms with E-state index in [1.807, 2.05) is 0 Å². The molecule has 134 valence electrons. The molecule has 24 heavy (non-hydrogen) atoms. The molecule has 0 saturated heterocycles. The molecule has 0 saturated carbocycles. The van der Waals surface area contributed by atoms with Gasteiger partial charge >= 0.3 is 24.0 Å². The van der Waals surface area contributed by atoms with Gasteiger partial charge in [-0.2, -0.15) is 30.7 Å². The van der Waals surface area contributed by atoms with Crippen molar-refractivity contribution in [1.82, 2.24) is 0 Å². The molecule has 0 unspecified atom stereocenters. The van der Waals surface area contributed by atoms with Gasteiger partial charge in [-0.1, -0.05) is 17.3 Å². The molecule has 4 N–H and O–H groups in total. The number of carbonyl (C=O) groups excluding carboxylic acids is 1. The topological polar surface area (TPSA) is 90.7 Å². The molecule has 5 nitrogen and oxygen atoms in total. The maximum absolute atomic E-state index is 13.0. The highest BCUT2D eigenvalue weighted by Crippen LogP contribution is 2.46. The third-order valence-electron chi connectivity index (χ3n) is 2.89. The van der Waals surface area contributed by atoms with E-state index in [0.717, 1.165) is 0 Å². The minimum Gasteiger partial charge on any atom is -0.398 e. The van der Waals surface area contributed by atoms with Crippen molar-refractivity contribution in [2.45, 2.75) is 24.9 Å². The number of oxime groups is 1. The number of carbonyl (C=O) groups is 1. The molecular formula is C12H10F7N3O2. The molecule has 0 aliphatic rings. The number of benzene rings is 1. The number of hydrogen-bond donors (Lipinski definition) is 2. The lowest BCUT2D eigenvalue weighted by Crippen LogP contribution is -2.56. The normalized spacial score (nSPS) is 13.8. The van der Waals surface area contributed by atoms with E-state index >= 15 is 0 Å². The van der Waals surface area contributed by atoms with Gasteiger partial charge in [0.15, 0.2) is 5.84 Å². The van der Waals surface area contributed by atoms with E-state index in [1.165, 1.54) is 25.1 Å². The second-order valence-corrected chi connectivity index (χ2v) is 4.52. The van der Waals surface area contributed by atoms with Crippen LogP contribution in [0.1, 0.15) is 11.1 Å². The molecule has 0 bridgehead atoms. The van der Waals surface area contributed by atoms with Gasteiger partial charge in [0.1, 0.15) is 0 Å². The highest BCUT2D eigenvalue weighted by atomic mass is 19.4. The van der Waals surface area contributed by atoms with Crippen LogP contribution >= 0.6 is 0 Å². The van der Waals surface area contributed by atoms with Gasteiger partial charge in [-0.05, 0) is 18.6 Å². The molecule has 0 aromatic heterocycles. The second-order valence-electron chi connectivity index (χ2n) is 4.52. The lowest BCUT2D eigenvalue weighted by molar-refractivity contribution is -0.348. The minimum atomic E-state index is -6.67. The van der Waals surface area contributed by atoms with Gasteiger partial charge < -0.3 is 16.3 Å². The van der Waals surface area contributed by atoms with Crippen LogP contribution in [-0.4, -0.2) is 29.8 Å². The average Bonchev–Trinajstić information content (AvgIpc) is 2.45. The molecule has 1 aromatic rings. The second kappa shape index (κ2) is 6.17. The van der Waals surface area contributed by atoms with Crippen molar-refractivity contribution < 1.29 is 40.4 Å². The van der Waals surface area contributed by atoms with Crippen molar-refractivity contribution in [3.05, 3.63) is 29.3 Å². The molecule has 0 spiro atoms. The Balaban J connectivity index is 3.05. The summed E-state index contributed by atoms with van der Waals surface area (Å²) in [7, 11) is 0. The van der Waals surface area contributed by atoms with Crippen molar-refractivity contribution >= 4 is 17.5 Å². The summed E-state index contributed by atoms with van der Waals surface area (Å²) in [6.45, 7) is 1.43. The zero-order valence-electron chi connectivity index (χ0n) is 11.8. The van der Waals surface area contributed by atoms with Crippen LogP contribution in [-0.2, 0) is 9.63 Å². The van der Waals surface area contributed by atoms with E-state index in [9.17, 15) is 35.5 Å². The van der Waals surface area contributed by atoms with Crippen molar-refractivity contribution in [2.24, 2.45) is 10.9 Å². The summed E-state index contributed by atoms with van der Waals surface area (Å²) < 4.78 is 87.1. The first-order valence-corrected chi connectivity index (χ1v) is 5.96. The summed E-state index contributed by atoms with van der Waals surface area (Å²) in [5, 5.41) is 2.67. The predicted octanol–water partition coefficient (Wildman–Crippen LogP) is 2.57. The smallest absolute Gasteiger partial charge is 0.398 e. The highest BCUT2D eigenvalue weighted by molar-refractivity contribution is 5.99. The Hall–Kier alpha value is -2.53. The van der Waals surface area contributed by atoms with E-state index in [2.05, 4.69) is 9.99 Å². The summed E-state index contributed by atoms with van der Waals surface area (Å²) in [4.78, 5) is 14.4. The monoisotopic (exact) mass is 361 g/mol. The van der Waals surface area contributed by atoms with Crippen molar-refractivity contribution in [3.8, 4) is 0 Å². The van der Waals surface area contributed by atoms with Gasteiger partial charge in [-0.15, -0.1) is 0 Å². The largest absolute Gasteiger partial charge is 0.460 e. The number of hydrogen-bond acceptors (Lipinski definition) is 4. The van der Waals surface area contributed by atoms with Crippen molar-refractivity contribution in [3.63, 3.8) is 0 Å². The summed E-state index contributed by atoms with van der Waals surface area (Å²) in [6.07, 6.45) is -6.67. The number of alkyl halides is 7. The fourth-order valence-electron chi connectivity index (χ4n) is 1.43. The molecule has 0 amide bonds. The van der Waals surface area contributed by atoms with E-state index < -0.39 is 29.8 Å². The van der Waals surface area contributed by atoms with Crippen LogP contribution in [0.15, 0.2) is 23.4 Å². The first-order valence-electron chi connectivity index (χ1n) is 5.96. The minimum absolute atomic E-state index is 0.00805. The Morgan fingerprint density at radius 1 is 1.12 bits per heavy atom. The highest BCUT2D eigenvalue weighted by Gasteiger charge is 2.77. The molecule has 0 aliphatic heterocycles. The van der Waals surface area contributed by atoms with E-state index in [-0.39, 0.29) is 11.3 Å². The maximum atomic E-state index is 13.0. The van der Waals surface area contributed by atoms with Crippen LogP contribution < -0.4 is 11.5 Å². The number of amidine groups is 1. The van der Waals surface area contributed by atoms with Crippen LogP contribution in [0.25, 0.3) is 0 Å². The molecular weight excluding hydrogens is 351 g/mol. The van der Waals surface area contributed by atoms with Gasteiger partial charge in [0.2, 0.25) is 0 Å². The van der Waals surface area contributed by atoms with Crippen LogP contribution in [0.5, 0.6) is 0 Å². The van der Waals surface area contributed by atoms with E-state index in [0.29, 0.717) is 5.56 Å². The summed E-state index contributed by atoms with van der Waals surface area (Å²) in [5.74, 6) is -16.8. The Morgan fingerprint density at radius 2 is 1.67 bits per heavy atom. The molecule has 12 heteroatoms. The summed E-state index contributed by atoms with van der Waals surface area (Å²) >= 11 is 0.